The Kier molecular flexibility index (Phi) is 3.93. The second-order valence-corrected chi connectivity index (χ2v) is 4.47. The molecule has 2 aromatic rings. The molecule has 0 spiro atoms. The van der Waals surface area contributed by atoms with E-state index in [0.29, 0.717) is 11.3 Å². The van der Waals surface area contributed by atoms with E-state index in [4.69, 9.17) is 9.84 Å². The minimum Gasteiger partial charge on any atom is -0.496 e. The summed E-state index contributed by atoms with van der Waals surface area (Å²) < 4.78 is 7.44. The van der Waals surface area contributed by atoms with Gasteiger partial charge in [-0.2, -0.15) is 0 Å². The van der Waals surface area contributed by atoms with Crippen LogP contribution in [0, 0.1) is 0 Å². The molecule has 2 rings (SSSR count). The summed E-state index contributed by atoms with van der Waals surface area (Å²) in [6.45, 7) is -0.0589. The minimum absolute atomic E-state index is 0.0589. The van der Waals surface area contributed by atoms with Crippen molar-refractivity contribution >= 4 is 5.97 Å². The zero-order valence-electron chi connectivity index (χ0n) is 11.6. The zero-order chi connectivity index (χ0) is 15.6. The smallest absolute Gasteiger partial charge is 0.335 e. The first-order chi connectivity index (χ1) is 9.93. The molecule has 7 nitrogen and oxygen atoms in total. The summed E-state index contributed by atoms with van der Waals surface area (Å²) >= 11 is 0. The molecule has 0 aliphatic rings. The molecule has 0 unspecified atom stereocenters. The van der Waals surface area contributed by atoms with Gasteiger partial charge in [-0.15, -0.1) is 0 Å². The third-order valence-corrected chi connectivity index (χ3v) is 3.10. The summed E-state index contributed by atoms with van der Waals surface area (Å²) in [6.07, 6.45) is 1.38. The summed E-state index contributed by atoms with van der Waals surface area (Å²) in [7, 11) is 2.97. The van der Waals surface area contributed by atoms with E-state index >= 15 is 0 Å². The highest BCUT2D eigenvalue weighted by molar-refractivity contribution is 5.88. The number of benzene rings is 1. The molecule has 1 aromatic carbocycles. The maximum atomic E-state index is 12.0. The Morgan fingerprint density at radius 1 is 1.29 bits per heavy atom. The average Bonchev–Trinajstić information content (AvgIpc) is 2.47. The first kappa shape index (κ1) is 14.6. The molecule has 1 aromatic heterocycles. The van der Waals surface area contributed by atoms with E-state index < -0.39 is 17.2 Å². The summed E-state index contributed by atoms with van der Waals surface area (Å²) in [4.78, 5) is 34.8. The summed E-state index contributed by atoms with van der Waals surface area (Å²) in [5.41, 5.74) is -0.430. The van der Waals surface area contributed by atoms with E-state index in [0.717, 1.165) is 4.57 Å². The molecule has 1 heterocycles. The monoisotopic (exact) mass is 290 g/mol. The molecule has 21 heavy (non-hydrogen) atoms. The highest BCUT2D eigenvalue weighted by Gasteiger charge is 2.12. The van der Waals surface area contributed by atoms with E-state index in [1.807, 2.05) is 0 Å². The first-order valence-corrected chi connectivity index (χ1v) is 6.10. The third kappa shape index (κ3) is 2.86. The van der Waals surface area contributed by atoms with Gasteiger partial charge in [0.1, 0.15) is 5.75 Å². The van der Waals surface area contributed by atoms with Crippen molar-refractivity contribution in [3.8, 4) is 5.75 Å². The number of nitrogens with zero attached hydrogens (tertiary/aromatic N) is 2. The van der Waals surface area contributed by atoms with Crippen LogP contribution in [-0.4, -0.2) is 27.3 Å². The lowest BCUT2D eigenvalue weighted by atomic mass is 10.1. The van der Waals surface area contributed by atoms with Crippen LogP contribution >= 0.6 is 0 Å². The van der Waals surface area contributed by atoms with Gasteiger partial charge in [0.15, 0.2) is 0 Å². The number of rotatable bonds is 4. The molecule has 0 aliphatic carbocycles. The fraction of sp³-hybridized carbons (Fsp3) is 0.214. The van der Waals surface area contributed by atoms with Gasteiger partial charge in [0, 0.05) is 24.9 Å². The standard InChI is InChI=1S/C14H14N2O5/c1-15-6-5-12(17)16(14(15)20)8-10-7-9(13(18)19)3-4-11(10)21-2/h3-7H,8H2,1-2H3,(H,18,19). The SMILES string of the molecule is COc1ccc(C(=O)O)cc1Cn1c(=O)ccn(C)c1=O. The van der Waals surface area contributed by atoms with Gasteiger partial charge in [-0.3, -0.25) is 9.36 Å². The number of carboxylic acid groups (broad SMARTS) is 1. The first-order valence-electron chi connectivity index (χ1n) is 6.10. The van der Waals surface area contributed by atoms with Crippen molar-refractivity contribution in [1.29, 1.82) is 0 Å². The van der Waals surface area contributed by atoms with Crippen molar-refractivity contribution in [2.45, 2.75) is 6.54 Å². The Morgan fingerprint density at radius 3 is 2.62 bits per heavy atom. The van der Waals surface area contributed by atoms with Gasteiger partial charge in [0.05, 0.1) is 19.2 Å². The number of carboxylic acids is 1. The lowest BCUT2D eigenvalue weighted by Crippen LogP contribution is -2.38. The Labute approximate surface area is 119 Å². The number of aromatic nitrogens is 2. The number of aryl methyl sites for hydroxylation is 1. The molecule has 1 N–H and O–H groups in total. The number of hydrogen-bond acceptors (Lipinski definition) is 4. The molecule has 0 saturated carbocycles. The molecule has 0 radical (unpaired) electrons. The van der Waals surface area contributed by atoms with Crippen molar-refractivity contribution in [1.82, 2.24) is 9.13 Å². The van der Waals surface area contributed by atoms with Gasteiger partial charge in [-0.1, -0.05) is 0 Å². The fourth-order valence-corrected chi connectivity index (χ4v) is 1.97. The van der Waals surface area contributed by atoms with Gasteiger partial charge >= 0.3 is 11.7 Å². The molecule has 110 valence electrons. The number of ether oxygens (including phenoxy) is 1. The van der Waals surface area contributed by atoms with Crippen LogP contribution < -0.4 is 16.0 Å². The van der Waals surface area contributed by atoms with Crippen LogP contribution in [0.1, 0.15) is 15.9 Å². The van der Waals surface area contributed by atoms with Crippen LogP contribution in [0.5, 0.6) is 5.75 Å². The number of aromatic carboxylic acids is 1. The maximum absolute atomic E-state index is 12.0. The van der Waals surface area contributed by atoms with E-state index in [-0.39, 0.29) is 12.1 Å². The van der Waals surface area contributed by atoms with Crippen LogP contribution in [0.4, 0.5) is 0 Å². The number of carbonyl (C=O) groups is 1. The normalized spacial score (nSPS) is 10.4. The Balaban J connectivity index is 2.56. The van der Waals surface area contributed by atoms with Crippen molar-refractivity contribution in [2.75, 3.05) is 7.11 Å². The van der Waals surface area contributed by atoms with Gasteiger partial charge in [0.25, 0.3) is 5.56 Å². The van der Waals surface area contributed by atoms with Crippen molar-refractivity contribution in [3.63, 3.8) is 0 Å². The summed E-state index contributed by atoms with van der Waals surface area (Å²) in [6, 6.07) is 5.56. The van der Waals surface area contributed by atoms with Gasteiger partial charge in [-0.05, 0) is 18.2 Å². The molecule has 0 atom stereocenters. The van der Waals surface area contributed by atoms with Crippen LogP contribution in [-0.2, 0) is 13.6 Å². The largest absolute Gasteiger partial charge is 0.496 e. The van der Waals surface area contributed by atoms with Crippen LogP contribution in [0.2, 0.25) is 0 Å². The van der Waals surface area contributed by atoms with E-state index in [1.165, 1.54) is 49.2 Å². The molecule has 0 fully saturated rings. The molecular formula is C14H14N2O5. The number of methoxy groups -OCH3 is 1. The lowest BCUT2D eigenvalue weighted by molar-refractivity contribution is 0.0696. The highest BCUT2D eigenvalue weighted by atomic mass is 16.5. The molecule has 7 heteroatoms. The molecule has 0 amide bonds. The van der Waals surface area contributed by atoms with E-state index in [9.17, 15) is 14.4 Å². The van der Waals surface area contributed by atoms with Gasteiger partial charge < -0.3 is 14.4 Å². The maximum Gasteiger partial charge on any atom is 0.335 e. The van der Waals surface area contributed by atoms with Crippen LogP contribution in [0.3, 0.4) is 0 Å². The second-order valence-electron chi connectivity index (χ2n) is 4.47. The number of hydrogen-bond donors (Lipinski definition) is 1. The topological polar surface area (TPSA) is 90.5 Å². The van der Waals surface area contributed by atoms with Gasteiger partial charge in [0.2, 0.25) is 0 Å². The molecule has 0 aliphatic heterocycles. The van der Waals surface area contributed by atoms with Crippen molar-refractivity contribution in [2.24, 2.45) is 7.05 Å². The molecule has 0 saturated heterocycles. The second kappa shape index (κ2) is 5.66. The Bertz CT molecular complexity index is 804. The molecular weight excluding hydrogens is 276 g/mol. The van der Waals surface area contributed by atoms with Crippen LogP contribution in [0.15, 0.2) is 40.1 Å². The lowest BCUT2D eigenvalue weighted by Gasteiger charge is -2.11. The zero-order valence-corrected chi connectivity index (χ0v) is 11.6. The van der Waals surface area contributed by atoms with Gasteiger partial charge in [-0.25, -0.2) is 9.59 Å². The Morgan fingerprint density at radius 2 is 2.00 bits per heavy atom. The third-order valence-electron chi connectivity index (χ3n) is 3.10. The highest BCUT2D eigenvalue weighted by Crippen LogP contribution is 2.20. The van der Waals surface area contributed by atoms with E-state index in [2.05, 4.69) is 0 Å². The van der Waals surface area contributed by atoms with E-state index in [1.54, 1.807) is 0 Å². The summed E-state index contributed by atoms with van der Waals surface area (Å²) in [5, 5.41) is 9.02. The fourth-order valence-electron chi connectivity index (χ4n) is 1.97. The predicted octanol–water partition coefficient (Wildman–Crippen LogP) is 0.302. The quantitative estimate of drug-likeness (QED) is 0.874. The van der Waals surface area contributed by atoms with Crippen molar-refractivity contribution in [3.05, 3.63) is 62.4 Å². The minimum atomic E-state index is -1.09. The van der Waals surface area contributed by atoms with Crippen LogP contribution in [0.25, 0.3) is 0 Å². The van der Waals surface area contributed by atoms with Crippen molar-refractivity contribution < 1.29 is 14.6 Å². The summed E-state index contributed by atoms with van der Waals surface area (Å²) in [5.74, 6) is -0.676. The Hall–Kier alpha value is -2.83. The average molecular weight is 290 g/mol. The predicted molar refractivity (Wildman–Crippen MR) is 75.0 cm³/mol. The molecule has 0 bridgehead atoms.